The van der Waals surface area contributed by atoms with Crippen LogP contribution in [-0.4, -0.2) is 38.2 Å². The highest BCUT2D eigenvalue weighted by atomic mass is 16.5. The normalized spacial score (nSPS) is 11.4. The van der Waals surface area contributed by atoms with E-state index >= 15 is 0 Å². The number of hydrogen-bond acceptors (Lipinski definition) is 6. The predicted octanol–water partition coefficient (Wildman–Crippen LogP) is 8.32. The third-order valence-corrected chi connectivity index (χ3v) is 6.68. The van der Waals surface area contributed by atoms with Crippen LogP contribution in [0.1, 0.15) is 103 Å². The van der Waals surface area contributed by atoms with E-state index in [9.17, 15) is 9.59 Å². The van der Waals surface area contributed by atoms with Gasteiger partial charge in [0, 0.05) is 16.7 Å². The number of benzene rings is 2. The smallest absolute Gasteiger partial charge is 0.310 e. The van der Waals surface area contributed by atoms with Gasteiger partial charge < -0.3 is 18.9 Å². The van der Waals surface area contributed by atoms with Crippen molar-refractivity contribution in [3.63, 3.8) is 0 Å². The monoisotopic (exact) mass is 568 g/mol. The topological polar surface area (TPSA) is 71.1 Å². The molecule has 0 amide bonds. The number of ether oxygens (including phenoxy) is 4. The molecule has 0 aromatic heterocycles. The predicted molar refractivity (Wildman–Crippen MR) is 165 cm³/mol. The van der Waals surface area contributed by atoms with Gasteiger partial charge >= 0.3 is 5.97 Å². The summed E-state index contributed by atoms with van der Waals surface area (Å²) in [4.78, 5) is 26.3. The van der Waals surface area contributed by atoms with Crippen molar-refractivity contribution in [2.24, 2.45) is 23.7 Å². The van der Waals surface area contributed by atoms with Crippen LogP contribution in [0.15, 0.2) is 36.4 Å². The zero-order valence-corrected chi connectivity index (χ0v) is 26.6. The Morgan fingerprint density at radius 1 is 0.561 bits per heavy atom. The Labute approximate surface area is 248 Å². The van der Waals surface area contributed by atoms with E-state index in [1.165, 1.54) is 0 Å². The quantitative estimate of drug-likeness (QED) is 0.125. The minimum atomic E-state index is -0.326. The third-order valence-electron chi connectivity index (χ3n) is 6.68. The number of rotatable bonds is 19. The minimum absolute atomic E-state index is 0.0441. The van der Waals surface area contributed by atoms with E-state index in [1.54, 1.807) is 30.3 Å². The lowest BCUT2D eigenvalue weighted by atomic mass is 9.99. The van der Waals surface area contributed by atoms with Crippen molar-refractivity contribution in [3.05, 3.63) is 53.1 Å². The van der Waals surface area contributed by atoms with Gasteiger partial charge in [0.2, 0.25) is 0 Å². The molecule has 0 aliphatic carbocycles. The maximum absolute atomic E-state index is 13.6. The lowest BCUT2D eigenvalue weighted by Gasteiger charge is -2.16. The largest absolute Gasteiger partial charge is 0.493 e. The molecule has 0 bridgehead atoms. The summed E-state index contributed by atoms with van der Waals surface area (Å²) in [6.07, 6.45) is 3.58. The molecule has 2 aromatic rings. The lowest BCUT2D eigenvalue weighted by Crippen LogP contribution is -2.13. The molecule has 0 N–H and O–H groups in total. The van der Waals surface area contributed by atoms with Crippen LogP contribution in [-0.2, 0) is 16.0 Å². The van der Waals surface area contributed by atoms with E-state index in [1.807, 2.05) is 6.07 Å². The van der Waals surface area contributed by atoms with Crippen LogP contribution in [0.3, 0.4) is 0 Å². The molecule has 2 rings (SSSR count). The van der Waals surface area contributed by atoms with Gasteiger partial charge in [-0.15, -0.1) is 0 Å². The SMILES string of the molecule is CC(C)CCOC(=O)Cc1cc(C(=O)c2ccc(OCCC(C)C)c(OCCC(C)C)c2)ccc1OCCC(C)C. The van der Waals surface area contributed by atoms with Crippen LogP contribution in [0.4, 0.5) is 0 Å². The highest BCUT2D eigenvalue weighted by molar-refractivity contribution is 6.09. The Bertz CT molecular complexity index is 1090. The van der Waals surface area contributed by atoms with Crippen LogP contribution in [0.25, 0.3) is 0 Å². The molecule has 0 spiro atoms. The van der Waals surface area contributed by atoms with Crippen molar-refractivity contribution in [3.8, 4) is 17.2 Å². The minimum Gasteiger partial charge on any atom is -0.493 e. The molecule has 228 valence electrons. The van der Waals surface area contributed by atoms with Gasteiger partial charge in [0.25, 0.3) is 0 Å². The standard InChI is InChI=1S/C35H52O6/c1-24(2)13-17-38-31-11-9-28(21-30(31)23-34(36)41-20-16-27(7)8)35(37)29-10-12-32(39-18-14-25(3)4)33(22-29)40-19-15-26(5)6/h9-12,21-22,24-27H,13-20,23H2,1-8H3. The summed E-state index contributed by atoms with van der Waals surface area (Å²) in [5.74, 6) is 3.31. The van der Waals surface area contributed by atoms with Crippen LogP contribution >= 0.6 is 0 Å². The molecular formula is C35H52O6. The van der Waals surface area contributed by atoms with Crippen molar-refractivity contribution in [2.45, 2.75) is 87.5 Å². The first-order chi connectivity index (χ1) is 19.5. The Hall–Kier alpha value is -3.02. The Morgan fingerprint density at radius 3 is 1.54 bits per heavy atom. The van der Waals surface area contributed by atoms with Crippen molar-refractivity contribution >= 4 is 11.8 Å². The van der Waals surface area contributed by atoms with Gasteiger partial charge in [-0.1, -0.05) is 55.4 Å². The van der Waals surface area contributed by atoms with Crippen molar-refractivity contribution in [1.82, 2.24) is 0 Å². The van der Waals surface area contributed by atoms with Gasteiger partial charge in [-0.2, -0.15) is 0 Å². The Morgan fingerprint density at radius 2 is 1.00 bits per heavy atom. The molecule has 0 fully saturated rings. The van der Waals surface area contributed by atoms with Crippen LogP contribution in [0.2, 0.25) is 0 Å². The fraction of sp³-hybridized carbons (Fsp3) is 0.600. The van der Waals surface area contributed by atoms with Gasteiger partial charge in [-0.25, -0.2) is 0 Å². The van der Waals surface area contributed by atoms with Gasteiger partial charge in [0.1, 0.15) is 5.75 Å². The first kappa shape index (κ1) is 34.2. The molecule has 0 aliphatic rings. The fourth-order valence-electron chi connectivity index (χ4n) is 3.88. The molecule has 41 heavy (non-hydrogen) atoms. The number of carbonyl (C=O) groups is 2. The number of esters is 1. The van der Waals surface area contributed by atoms with Crippen molar-refractivity contribution in [1.29, 1.82) is 0 Å². The molecule has 0 radical (unpaired) electrons. The summed E-state index contributed by atoms with van der Waals surface area (Å²) in [5, 5.41) is 0. The van der Waals surface area contributed by atoms with E-state index in [-0.39, 0.29) is 18.2 Å². The molecule has 0 atom stereocenters. The van der Waals surface area contributed by atoms with E-state index in [4.69, 9.17) is 18.9 Å². The van der Waals surface area contributed by atoms with Gasteiger partial charge in [-0.05, 0) is 85.8 Å². The Balaban J connectivity index is 2.30. The summed E-state index contributed by atoms with van der Waals surface area (Å²) in [6, 6.07) is 10.6. The lowest BCUT2D eigenvalue weighted by molar-refractivity contribution is -0.143. The highest BCUT2D eigenvalue weighted by Crippen LogP contribution is 2.31. The van der Waals surface area contributed by atoms with E-state index in [2.05, 4.69) is 55.4 Å². The average molecular weight is 569 g/mol. The highest BCUT2D eigenvalue weighted by Gasteiger charge is 2.18. The summed E-state index contributed by atoms with van der Waals surface area (Å²) in [6.45, 7) is 19.1. The number of carbonyl (C=O) groups excluding carboxylic acids is 2. The molecule has 6 nitrogen and oxygen atoms in total. The third kappa shape index (κ3) is 13.0. The van der Waals surface area contributed by atoms with Crippen LogP contribution in [0.5, 0.6) is 17.2 Å². The summed E-state index contributed by atoms with van der Waals surface area (Å²) in [5.41, 5.74) is 1.63. The first-order valence-electron chi connectivity index (χ1n) is 15.3. The van der Waals surface area contributed by atoms with E-state index < -0.39 is 0 Å². The van der Waals surface area contributed by atoms with Crippen LogP contribution in [0, 0.1) is 23.7 Å². The van der Waals surface area contributed by atoms with E-state index in [0.717, 1.165) is 25.7 Å². The fourth-order valence-corrected chi connectivity index (χ4v) is 3.88. The zero-order chi connectivity index (χ0) is 30.4. The van der Waals surface area contributed by atoms with E-state index in [0.29, 0.717) is 84.0 Å². The number of ketones is 1. The summed E-state index contributed by atoms with van der Waals surface area (Å²) < 4.78 is 23.6. The average Bonchev–Trinajstić information content (AvgIpc) is 2.89. The molecule has 0 heterocycles. The molecule has 2 aromatic carbocycles. The zero-order valence-electron chi connectivity index (χ0n) is 26.6. The second-order valence-corrected chi connectivity index (χ2v) is 12.5. The Kier molecular flexibility index (Phi) is 14.8. The summed E-state index contributed by atoms with van der Waals surface area (Å²) >= 11 is 0. The number of hydrogen-bond donors (Lipinski definition) is 0. The van der Waals surface area contributed by atoms with Crippen molar-refractivity contribution < 1.29 is 28.5 Å². The molecule has 6 heteroatoms. The molecule has 0 unspecified atom stereocenters. The molecule has 0 aliphatic heterocycles. The van der Waals surface area contributed by atoms with Gasteiger partial charge in [0.15, 0.2) is 17.3 Å². The molecule has 0 saturated carbocycles. The maximum Gasteiger partial charge on any atom is 0.310 e. The van der Waals surface area contributed by atoms with Crippen molar-refractivity contribution in [2.75, 3.05) is 26.4 Å². The second-order valence-electron chi connectivity index (χ2n) is 12.5. The van der Waals surface area contributed by atoms with Gasteiger partial charge in [0.05, 0.1) is 32.8 Å². The maximum atomic E-state index is 13.6. The molecular weight excluding hydrogens is 516 g/mol. The first-order valence-corrected chi connectivity index (χ1v) is 15.3. The van der Waals surface area contributed by atoms with Gasteiger partial charge in [-0.3, -0.25) is 9.59 Å². The molecule has 0 saturated heterocycles. The second kappa shape index (κ2) is 17.7. The summed E-state index contributed by atoms with van der Waals surface area (Å²) in [7, 11) is 0. The van der Waals surface area contributed by atoms with Crippen LogP contribution < -0.4 is 14.2 Å².